The van der Waals surface area contributed by atoms with Gasteiger partial charge >= 0.3 is 6.03 Å². The Hall–Kier alpha value is -1.90. The Labute approximate surface area is 95.9 Å². The van der Waals surface area contributed by atoms with Crippen LogP contribution in [-0.4, -0.2) is 21.5 Å². The molecule has 0 saturated carbocycles. The summed E-state index contributed by atoms with van der Waals surface area (Å²) in [6.45, 7) is 0. The Morgan fingerprint density at radius 3 is 2.18 bits per heavy atom. The van der Waals surface area contributed by atoms with Crippen molar-refractivity contribution in [1.82, 2.24) is 10.0 Å². The number of benzene rings is 1. The fourth-order valence-corrected chi connectivity index (χ4v) is 2.14. The van der Waals surface area contributed by atoms with E-state index in [-0.39, 0.29) is 5.69 Å². The van der Waals surface area contributed by atoms with Gasteiger partial charge < -0.3 is 11.1 Å². The summed E-state index contributed by atoms with van der Waals surface area (Å²) in [5.41, 5.74) is 4.86. The van der Waals surface area contributed by atoms with Gasteiger partial charge in [-0.25, -0.2) is 26.7 Å². The quantitative estimate of drug-likeness (QED) is 0.663. The van der Waals surface area contributed by atoms with Gasteiger partial charge in [-0.3, -0.25) is 0 Å². The molecule has 1 aromatic carbocycles. The number of carbonyl (C=O) groups is 1. The molecular weight excluding hydrogens is 256 g/mol. The summed E-state index contributed by atoms with van der Waals surface area (Å²) in [7, 11) is -3.46. The maximum Gasteiger partial charge on any atom is 0.328 e. The summed E-state index contributed by atoms with van der Waals surface area (Å²) in [6.07, 6.45) is 0. The molecule has 94 valence electrons. The van der Waals surface area contributed by atoms with Gasteiger partial charge in [0.25, 0.3) is 10.0 Å². The average Bonchev–Trinajstić information content (AvgIpc) is 2.14. The summed E-state index contributed by atoms with van der Waals surface area (Å²) >= 11 is 0. The normalized spacial score (nSPS) is 11.0. The lowest BCUT2D eigenvalue weighted by Crippen LogP contribution is -2.38. The molecule has 1 rings (SSSR count). The van der Waals surface area contributed by atoms with Gasteiger partial charge in [-0.2, -0.15) is 0 Å². The SMILES string of the molecule is CNC(=O)NS(=O)(=O)c1c(F)cc(N)cc1F. The van der Waals surface area contributed by atoms with Crippen molar-refractivity contribution in [2.45, 2.75) is 4.90 Å². The highest BCUT2D eigenvalue weighted by molar-refractivity contribution is 7.90. The van der Waals surface area contributed by atoms with Crippen molar-refractivity contribution in [2.75, 3.05) is 12.8 Å². The fourth-order valence-electron chi connectivity index (χ4n) is 1.06. The predicted molar refractivity (Wildman–Crippen MR) is 55.5 cm³/mol. The topological polar surface area (TPSA) is 101 Å². The van der Waals surface area contributed by atoms with E-state index >= 15 is 0 Å². The number of amides is 2. The first-order chi connectivity index (χ1) is 7.77. The fraction of sp³-hybridized carbons (Fsp3) is 0.125. The molecule has 0 aromatic heterocycles. The molecule has 0 atom stereocenters. The van der Waals surface area contributed by atoms with Crippen LogP contribution in [0.1, 0.15) is 0 Å². The van der Waals surface area contributed by atoms with Gasteiger partial charge in [0.15, 0.2) is 4.90 Å². The number of nitrogen functional groups attached to an aromatic ring is 1. The number of hydrogen-bond donors (Lipinski definition) is 3. The van der Waals surface area contributed by atoms with Crippen molar-refractivity contribution in [2.24, 2.45) is 0 Å². The third-order valence-corrected chi connectivity index (χ3v) is 3.13. The van der Waals surface area contributed by atoms with E-state index in [1.54, 1.807) is 0 Å². The lowest BCUT2D eigenvalue weighted by molar-refractivity contribution is 0.247. The molecule has 0 heterocycles. The smallest absolute Gasteiger partial charge is 0.328 e. The van der Waals surface area contributed by atoms with Crippen molar-refractivity contribution in [3.63, 3.8) is 0 Å². The van der Waals surface area contributed by atoms with Gasteiger partial charge in [-0.05, 0) is 12.1 Å². The molecule has 17 heavy (non-hydrogen) atoms. The van der Waals surface area contributed by atoms with Crippen LogP contribution < -0.4 is 15.8 Å². The Morgan fingerprint density at radius 2 is 1.76 bits per heavy atom. The number of sulfonamides is 1. The minimum absolute atomic E-state index is 0.265. The van der Waals surface area contributed by atoms with E-state index in [1.165, 1.54) is 4.72 Å². The van der Waals surface area contributed by atoms with E-state index < -0.39 is 32.6 Å². The monoisotopic (exact) mass is 265 g/mol. The molecule has 0 spiro atoms. The molecule has 0 saturated heterocycles. The predicted octanol–water partition coefficient (Wildman–Crippen LogP) is 0.165. The first kappa shape index (κ1) is 13.2. The highest BCUT2D eigenvalue weighted by atomic mass is 32.2. The number of urea groups is 1. The second-order valence-electron chi connectivity index (χ2n) is 3.00. The molecule has 2 amide bonds. The van der Waals surface area contributed by atoms with Gasteiger partial charge in [0.1, 0.15) is 11.6 Å². The van der Waals surface area contributed by atoms with Crippen LogP contribution in [0.4, 0.5) is 19.3 Å². The molecule has 0 radical (unpaired) electrons. The van der Waals surface area contributed by atoms with E-state index in [0.29, 0.717) is 12.1 Å². The van der Waals surface area contributed by atoms with E-state index in [1.807, 2.05) is 5.32 Å². The Kier molecular flexibility index (Phi) is 3.51. The number of carbonyl (C=O) groups excluding carboxylic acids is 1. The summed E-state index contributed by atoms with van der Waals surface area (Å²) in [5, 5.41) is 1.94. The zero-order valence-corrected chi connectivity index (χ0v) is 9.44. The molecule has 0 aliphatic carbocycles. The van der Waals surface area contributed by atoms with Gasteiger partial charge in [0, 0.05) is 12.7 Å². The number of rotatable bonds is 2. The van der Waals surface area contributed by atoms with Crippen molar-refractivity contribution in [1.29, 1.82) is 0 Å². The molecular formula is C8H9F2N3O3S. The lowest BCUT2D eigenvalue weighted by Gasteiger charge is -2.08. The molecule has 0 unspecified atom stereocenters. The molecule has 0 bridgehead atoms. The Morgan fingerprint density at radius 1 is 1.29 bits per heavy atom. The zero-order chi connectivity index (χ0) is 13.2. The largest absolute Gasteiger partial charge is 0.399 e. The molecule has 9 heteroatoms. The maximum absolute atomic E-state index is 13.3. The van der Waals surface area contributed by atoms with Crippen LogP contribution in [0.25, 0.3) is 0 Å². The summed E-state index contributed by atoms with van der Waals surface area (Å²) in [4.78, 5) is 9.56. The maximum atomic E-state index is 13.3. The number of halogens is 2. The van der Waals surface area contributed by atoms with E-state index in [9.17, 15) is 22.0 Å². The molecule has 1 aromatic rings. The van der Waals surface area contributed by atoms with Crippen LogP contribution in [0, 0.1) is 11.6 Å². The van der Waals surface area contributed by atoms with Crippen molar-refractivity contribution >= 4 is 21.7 Å². The molecule has 0 aliphatic heterocycles. The third kappa shape index (κ3) is 2.81. The van der Waals surface area contributed by atoms with Gasteiger partial charge in [-0.1, -0.05) is 0 Å². The standard InChI is InChI=1S/C8H9F2N3O3S/c1-12-8(14)13-17(15,16)7-5(9)2-4(11)3-6(7)10/h2-3H,11H2,1H3,(H2,12,13,14). The second-order valence-corrected chi connectivity index (χ2v) is 4.62. The van der Waals surface area contributed by atoms with E-state index in [0.717, 1.165) is 7.05 Å². The van der Waals surface area contributed by atoms with E-state index in [2.05, 4.69) is 0 Å². The number of nitrogens with one attached hydrogen (secondary N) is 2. The average molecular weight is 265 g/mol. The van der Waals surface area contributed by atoms with Crippen LogP contribution in [0.5, 0.6) is 0 Å². The van der Waals surface area contributed by atoms with Gasteiger partial charge in [-0.15, -0.1) is 0 Å². The zero-order valence-electron chi connectivity index (χ0n) is 8.62. The number of anilines is 1. The Balaban J connectivity index is 3.29. The first-order valence-corrected chi connectivity index (χ1v) is 5.75. The molecule has 4 N–H and O–H groups in total. The first-order valence-electron chi connectivity index (χ1n) is 4.27. The van der Waals surface area contributed by atoms with Crippen molar-refractivity contribution in [3.05, 3.63) is 23.8 Å². The van der Waals surface area contributed by atoms with Crippen LogP contribution in [0.2, 0.25) is 0 Å². The molecule has 6 nitrogen and oxygen atoms in total. The summed E-state index contributed by atoms with van der Waals surface area (Å²) < 4.78 is 50.9. The van der Waals surface area contributed by atoms with Crippen molar-refractivity contribution < 1.29 is 22.0 Å². The minimum atomic E-state index is -4.62. The Bertz CT molecular complexity index is 536. The van der Waals surface area contributed by atoms with Gasteiger partial charge in [0.05, 0.1) is 0 Å². The second kappa shape index (κ2) is 4.53. The number of nitrogens with two attached hydrogens (primary N) is 1. The third-order valence-electron chi connectivity index (χ3n) is 1.74. The van der Waals surface area contributed by atoms with Crippen LogP contribution in [0.15, 0.2) is 17.0 Å². The van der Waals surface area contributed by atoms with Crippen molar-refractivity contribution in [3.8, 4) is 0 Å². The van der Waals surface area contributed by atoms with Crippen LogP contribution in [0.3, 0.4) is 0 Å². The molecule has 0 fully saturated rings. The van der Waals surface area contributed by atoms with Crippen LogP contribution >= 0.6 is 0 Å². The highest BCUT2D eigenvalue weighted by Gasteiger charge is 2.26. The highest BCUT2D eigenvalue weighted by Crippen LogP contribution is 2.21. The minimum Gasteiger partial charge on any atom is -0.399 e. The van der Waals surface area contributed by atoms with Crippen LogP contribution in [-0.2, 0) is 10.0 Å². The van der Waals surface area contributed by atoms with E-state index in [4.69, 9.17) is 5.73 Å². The lowest BCUT2D eigenvalue weighted by atomic mass is 10.3. The molecule has 0 aliphatic rings. The number of hydrogen-bond acceptors (Lipinski definition) is 4. The summed E-state index contributed by atoms with van der Waals surface area (Å²) in [5.74, 6) is -2.75. The van der Waals surface area contributed by atoms with Gasteiger partial charge in [0.2, 0.25) is 0 Å². The summed E-state index contributed by atoms with van der Waals surface area (Å²) in [6, 6.07) is 0.170.